The molecule has 2 aromatic carbocycles. The maximum Gasteiger partial charge on any atom is 0.417 e. The molecular weight excluding hydrogens is 399 g/mol. The number of fused-ring (bicyclic) bond motifs is 1. The van der Waals surface area contributed by atoms with Crippen LogP contribution in [0.2, 0.25) is 0 Å². The molecule has 0 aliphatic carbocycles. The van der Waals surface area contributed by atoms with Crippen molar-refractivity contribution in [2.75, 3.05) is 5.32 Å². The third kappa shape index (κ3) is 3.64. The van der Waals surface area contributed by atoms with Gasteiger partial charge in [0, 0.05) is 24.0 Å². The molecule has 30 heavy (non-hydrogen) atoms. The molecule has 0 unspecified atom stereocenters. The average Bonchev–Trinajstić information content (AvgIpc) is 2.74. The van der Waals surface area contributed by atoms with E-state index in [4.69, 9.17) is 4.42 Å². The molecule has 0 aliphatic rings. The van der Waals surface area contributed by atoms with Gasteiger partial charge < -0.3 is 9.73 Å². The second-order valence-corrected chi connectivity index (χ2v) is 6.25. The summed E-state index contributed by atoms with van der Waals surface area (Å²) in [6.45, 7) is 0. The zero-order valence-corrected chi connectivity index (χ0v) is 15.1. The lowest BCUT2D eigenvalue weighted by atomic mass is 10.0. The Kier molecular flexibility index (Phi) is 4.78. The van der Waals surface area contributed by atoms with E-state index in [1.54, 1.807) is 0 Å². The van der Waals surface area contributed by atoms with E-state index in [1.807, 2.05) is 0 Å². The van der Waals surface area contributed by atoms with Crippen LogP contribution in [-0.4, -0.2) is 15.9 Å². The van der Waals surface area contributed by atoms with E-state index in [0.717, 1.165) is 12.1 Å². The van der Waals surface area contributed by atoms with E-state index < -0.39 is 23.1 Å². The number of para-hydroxylation sites is 1. The summed E-state index contributed by atoms with van der Waals surface area (Å²) in [5.74, 6) is -0.874. The van der Waals surface area contributed by atoms with Crippen molar-refractivity contribution in [1.82, 2.24) is 9.97 Å². The molecule has 1 amide bonds. The Bertz CT molecular complexity index is 1300. The number of hydrogen-bond donors (Lipinski definition) is 1. The topological polar surface area (TPSA) is 85.1 Å². The fourth-order valence-electron chi connectivity index (χ4n) is 2.96. The first-order chi connectivity index (χ1) is 14.3. The fourth-order valence-corrected chi connectivity index (χ4v) is 2.96. The van der Waals surface area contributed by atoms with Crippen LogP contribution >= 0.6 is 0 Å². The lowest BCUT2D eigenvalue weighted by Gasteiger charge is -2.13. The molecule has 2 heterocycles. The molecule has 150 valence electrons. The highest BCUT2D eigenvalue weighted by Crippen LogP contribution is 2.37. The van der Waals surface area contributed by atoms with Crippen molar-refractivity contribution in [2.24, 2.45) is 0 Å². The first-order valence-electron chi connectivity index (χ1n) is 8.65. The van der Waals surface area contributed by atoms with Crippen molar-refractivity contribution in [3.63, 3.8) is 0 Å². The Hall–Kier alpha value is -4.01. The molecule has 1 N–H and O–H groups in total. The number of rotatable bonds is 3. The van der Waals surface area contributed by atoms with Crippen LogP contribution in [0.25, 0.3) is 22.3 Å². The van der Waals surface area contributed by atoms with E-state index >= 15 is 0 Å². The van der Waals surface area contributed by atoms with E-state index in [1.165, 1.54) is 55.0 Å². The SMILES string of the molecule is O=C(Nc1cccc2c(=O)cc(-c3ccccc3C(F)(F)F)oc12)c1cnccn1. The number of carbonyl (C=O) groups is 1. The Labute approximate surface area is 167 Å². The number of amides is 1. The number of hydrogen-bond acceptors (Lipinski definition) is 5. The van der Waals surface area contributed by atoms with Gasteiger partial charge in [-0.3, -0.25) is 14.6 Å². The lowest BCUT2D eigenvalue weighted by molar-refractivity contribution is -0.137. The summed E-state index contributed by atoms with van der Waals surface area (Å²) in [5, 5.41) is 2.67. The number of nitrogens with one attached hydrogen (secondary N) is 1. The van der Waals surface area contributed by atoms with Crippen molar-refractivity contribution in [1.29, 1.82) is 0 Å². The zero-order chi connectivity index (χ0) is 21.3. The Morgan fingerprint density at radius 1 is 1.03 bits per heavy atom. The molecule has 0 aliphatic heterocycles. The maximum atomic E-state index is 13.4. The molecule has 0 atom stereocenters. The molecule has 0 fully saturated rings. The summed E-state index contributed by atoms with van der Waals surface area (Å²) in [6.07, 6.45) is -0.645. The van der Waals surface area contributed by atoms with Crippen LogP contribution in [0.15, 0.2) is 76.3 Å². The van der Waals surface area contributed by atoms with Crippen molar-refractivity contribution in [2.45, 2.75) is 6.18 Å². The minimum Gasteiger partial charge on any atom is -0.454 e. The van der Waals surface area contributed by atoms with Gasteiger partial charge in [0.05, 0.1) is 22.8 Å². The van der Waals surface area contributed by atoms with Gasteiger partial charge in [0.15, 0.2) is 11.0 Å². The summed E-state index contributed by atoms with van der Waals surface area (Å²) < 4.78 is 45.9. The van der Waals surface area contributed by atoms with Gasteiger partial charge in [-0.15, -0.1) is 0 Å². The molecule has 0 radical (unpaired) electrons. The molecule has 9 heteroatoms. The zero-order valence-electron chi connectivity index (χ0n) is 15.1. The molecule has 0 saturated heterocycles. The number of anilines is 1. The number of aromatic nitrogens is 2. The third-order valence-electron chi connectivity index (χ3n) is 4.30. The summed E-state index contributed by atoms with van der Waals surface area (Å²) in [4.78, 5) is 32.7. The van der Waals surface area contributed by atoms with Crippen LogP contribution in [0.1, 0.15) is 16.1 Å². The maximum absolute atomic E-state index is 13.4. The van der Waals surface area contributed by atoms with Gasteiger partial charge in [-0.2, -0.15) is 13.2 Å². The van der Waals surface area contributed by atoms with Gasteiger partial charge in [0.25, 0.3) is 5.91 Å². The highest BCUT2D eigenvalue weighted by Gasteiger charge is 2.34. The summed E-state index contributed by atoms with van der Waals surface area (Å²) in [7, 11) is 0. The van der Waals surface area contributed by atoms with Crippen LogP contribution in [0, 0.1) is 0 Å². The van der Waals surface area contributed by atoms with Crippen LogP contribution in [0.5, 0.6) is 0 Å². The van der Waals surface area contributed by atoms with Crippen LogP contribution < -0.4 is 10.7 Å². The molecule has 4 aromatic rings. The summed E-state index contributed by atoms with van der Waals surface area (Å²) in [6, 6.07) is 10.2. The van der Waals surface area contributed by atoms with Gasteiger partial charge in [-0.05, 0) is 18.2 Å². The fraction of sp³-hybridized carbons (Fsp3) is 0.0476. The van der Waals surface area contributed by atoms with Gasteiger partial charge in [0.2, 0.25) is 0 Å². The Morgan fingerprint density at radius 3 is 2.57 bits per heavy atom. The molecule has 4 rings (SSSR count). The van der Waals surface area contributed by atoms with E-state index in [2.05, 4.69) is 15.3 Å². The number of nitrogens with zero attached hydrogens (tertiary/aromatic N) is 2. The van der Waals surface area contributed by atoms with Crippen LogP contribution in [0.4, 0.5) is 18.9 Å². The normalized spacial score (nSPS) is 11.4. The number of carbonyl (C=O) groups excluding carboxylic acids is 1. The monoisotopic (exact) mass is 411 g/mol. The van der Waals surface area contributed by atoms with Crippen molar-refractivity contribution in [3.05, 3.63) is 88.6 Å². The smallest absolute Gasteiger partial charge is 0.417 e. The second kappa shape index (κ2) is 7.43. The first kappa shape index (κ1) is 19.3. The van der Waals surface area contributed by atoms with Crippen LogP contribution in [0.3, 0.4) is 0 Å². The number of halogens is 3. The van der Waals surface area contributed by atoms with Gasteiger partial charge >= 0.3 is 6.18 Å². The van der Waals surface area contributed by atoms with Gasteiger partial charge in [-0.1, -0.05) is 24.3 Å². The third-order valence-corrected chi connectivity index (χ3v) is 4.30. The lowest BCUT2D eigenvalue weighted by Crippen LogP contribution is -2.14. The largest absolute Gasteiger partial charge is 0.454 e. The average molecular weight is 411 g/mol. The predicted octanol–water partition coefficient (Wildman–Crippen LogP) is 4.52. The van der Waals surface area contributed by atoms with Gasteiger partial charge in [-0.25, -0.2) is 4.98 Å². The molecule has 2 aromatic heterocycles. The van der Waals surface area contributed by atoms with Crippen LogP contribution in [-0.2, 0) is 6.18 Å². The van der Waals surface area contributed by atoms with E-state index in [0.29, 0.717) is 0 Å². The Balaban J connectivity index is 1.86. The molecule has 0 spiro atoms. The predicted molar refractivity (Wildman–Crippen MR) is 103 cm³/mol. The molecular formula is C21H12F3N3O3. The minimum atomic E-state index is -4.64. The van der Waals surface area contributed by atoms with Gasteiger partial charge in [0.1, 0.15) is 11.5 Å². The summed E-state index contributed by atoms with van der Waals surface area (Å²) >= 11 is 0. The first-order valence-corrected chi connectivity index (χ1v) is 8.65. The van der Waals surface area contributed by atoms with Crippen molar-refractivity contribution < 1.29 is 22.4 Å². The minimum absolute atomic E-state index is 0.0235. The van der Waals surface area contributed by atoms with E-state index in [9.17, 15) is 22.8 Å². The number of alkyl halides is 3. The highest BCUT2D eigenvalue weighted by molar-refractivity contribution is 6.06. The highest BCUT2D eigenvalue weighted by atomic mass is 19.4. The summed E-state index contributed by atoms with van der Waals surface area (Å²) in [5.41, 5.74) is -1.66. The second-order valence-electron chi connectivity index (χ2n) is 6.25. The molecule has 0 saturated carbocycles. The quantitative estimate of drug-likeness (QED) is 0.536. The molecule has 0 bridgehead atoms. The van der Waals surface area contributed by atoms with Crippen molar-refractivity contribution in [3.8, 4) is 11.3 Å². The van der Waals surface area contributed by atoms with E-state index in [-0.39, 0.29) is 33.7 Å². The number of benzene rings is 2. The standard InChI is InChI=1S/C21H12F3N3O3/c22-21(23,24)14-6-2-1-4-12(14)18-10-17(28)13-5-3-7-15(19(13)30-18)27-20(29)16-11-25-8-9-26-16/h1-11H,(H,27,29). The molecule has 6 nitrogen and oxygen atoms in total. The Morgan fingerprint density at radius 2 is 1.83 bits per heavy atom. The van der Waals surface area contributed by atoms with Crippen molar-refractivity contribution >= 4 is 22.6 Å².